The number of rotatable bonds is 4. The molecule has 12 bridgehead atoms. The summed E-state index contributed by atoms with van der Waals surface area (Å²) in [6.07, 6.45) is -5.06. The predicted molar refractivity (Wildman–Crippen MR) is 276 cm³/mol. The fourth-order valence-electron chi connectivity index (χ4n) is 18.2. The Morgan fingerprint density at radius 3 is 2.10 bits per heavy atom. The van der Waals surface area contributed by atoms with Crippen LogP contribution >= 0.6 is 0 Å². The summed E-state index contributed by atoms with van der Waals surface area (Å²) in [6, 6.07) is 0. The van der Waals surface area contributed by atoms with Crippen molar-refractivity contribution in [3.8, 4) is 0 Å². The van der Waals surface area contributed by atoms with E-state index >= 15 is 0 Å². The Morgan fingerprint density at radius 2 is 1.27 bits per heavy atom. The second kappa shape index (κ2) is 20.4. The van der Waals surface area contributed by atoms with E-state index in [0.29, 0.717) is 77.0 Å². The van der Waals surface area contributed by atoms with Crippen molar-refractivity contribution < 1.29 is 101 Å². The first-order valence-corrected chi connectivity index (χ1v) is 31.0. The van der Waals surface area contributed by atoms with Gasteiger partial charge in [0, 0.05) is 63.7 Å². The number of hydrogen-bond acceptors (Lipinski definition) is 21. The molecule has 21 heteroatoms. The zero-order valence-electron chi connectivity index (χ0n) is 47.2. The number of fused-ring (bicyclic) bond motifs is 10. The maximum Gasteiger partial charge on any atom is 0.308 e. The van der Waals surface area contributed by atoms with Gasteiger partial charge in [-0.2, -0.15) is 0 Å². The summed E-state index contributed by atoms with van der Waals surface area (Å²) < 4.78 is 102. The molecule has 16 saturated heterocycles. The minimum absolute atomic E-state index is 0.0207. The molecule has 0 aromatic carbocycles. The molecule has 6 unspecified atom stereocenters. The van der Waals surface area contributed by atoms with E-state index in [0.717, 1.165) is 24.0 Å². The van der Waals surface area contributed by atoms with E-state index in [2.05, 4.69) is 40.9 Å². The summed E-state index contributed by atoms with van der Waals surface area (Å²) in [5.74, 6) is -5.84. The molecule has 0 aliphatic carbocycles. The van der Waals surface area contributed by atoms with Gasteiger partial charge in [-0.15, -0.1) is 0 Å². The van der Waals surface area contributed by atoms with Gasteiger partial charge in [-0.1, -0.05) is 40.9 Å². The number of hydrogen-bond donors (Lipinski definition) is 5. The number of ether oxygens (including phenoxy) is 15. The lowest BCUT2D eigenvalue weighted by molar-refractivity contribution is -0.347. The molecule has 5 N–H and O–H groups in total. The summed E-state index contributed by atoms with van der Waals surface area (Å²) >= 11 is 0. The fraction of sp³-hybridized carbons (Fsp3) is 0.917. The van der Waals surface area contributed by atoms with Gasteiger partial charge < -0.3 is 96.6 Å². The van der Waals surface area contributed by atoms with Crippen molar-refractivity contribution in [3.05, 3.63) is 24.3 Å². The first-order valence-electron chi connectivity index (χ1n) is 31.0. The van der Waals surface area contributed by atoms with Gasteiger partial charge in [0.1, 0.15) is 36.6 Å². The predicted octanol–water partition coefficient (Wildman–Crippen LogP) is 3.22. The van der Waals surface area contributed by atoms with Crippen LogP contribution in [0.4, 0.5) is 0 Å². The molecule has 21 nitrogen and oxygen atoms in total. The van der Waals surface area contributed by atoms with E-state index in [4.69, 9.17) is 71.1 Å². The Hall–Kier alpha value is -1.81. The number of aliphatic hydroxyl groups excluding tert-OH is 4. The molecule has 0 amide bonds. The lowest BCUT2D eigenvalue weighted by atomic mass is 9.79. The first kappa shape index (κ1) is 55.7. The molecule has 3 spiro atoms. The van der Waals surface area contributed by atoms with Crippen LogP contribution in [0.25, 0.3) is 0 Å². The first-order chi connectivity index (χ1) is 38.8. The van der Waals surface area contributed by atoms with Crippen LogP contribution in [0.1, 0.15) is 137 Å². The molecule has 452 valence electrons. The summed E-state index contributed by atoms with van der Waals surface area (Å²) in [4.78, 5) is 14.6. The SMILES string of the molecule is C=C1CC2CC[C@@]34OC5[C@H]6O[C@H](CC[C@@H]6O[C@H]6C(O3)[C@](O)(O[C@@H]56)[C@H]4O)CC(=O)O[C@@H]3[C@@H](C)[C@@H]4O[C@@H]5C[C@@]6(C[C@@H]7O[C@]8(C[C@H](C)[C@@H]9O[C@H]([C@@H](O)C[C@@H](O)CO)C[C@@H]9O8)C[C@H](C)[C@@H]7O6)OC5C[C@@H]4O[C@H]3CC3O[C@@H](CCC1O2)C[C@@H](C)C3=C. The van der Waals surface area contributed by atoms with Crippen LogP contribution in [0.3, 0.4) is 0 Å². The van der Waals surface area contributed by atoms with Crippen molar-refractivity contribution in [2.45, 2.75) is 313 Å². The average molecular weight is 1140 g/mol. The Morgan fingerprint density at radius 1 is 0.568 bits per heavy atom. The molecule has 0 saturated carbocycles. The summed E-state index contributed by atoms with van der Waals surface area (Å²) in [5, 5.41) is 54.2. The van der Waals surface area contributed by atoms with E-state index in [1.165, 1.54) is 0 Å². The third kappa shape index (κ3) is 9.28. The van der Waals surface area contributed by atoms with Crippen LogP contribution < -0.4 is 0 Å². The Bertz CT molecular complexity index is 2430. The molecule has 81 heavy (non-hydrogen) atoms. The monoisotopic (exact) mass is 1140 g/mol. The van der Waals surface area contributed by atoms with Crippen LogP contribution in [0, 0.1) is 23.7 Å². The summed E-state index contributed by atoms with van der Waals surface area (Å²) in [7, 11) is 0. The summed E-state index contributed by atoms with van der Waals surface area (Å²) in [5.41, 5.74) is 1.99. The third-order valence-corrected chi connectivity index (χ3v) is 22.2. The third-order valence-electron chi connectivity index (χ3n) is 22.2. The standard InChI is InChI=1S/C60H86O21/c1-25-13-32-7-9-36-26(2)14-34(67-36)11-12-59-56(65)60(66)55(81-59)54-53(80-60)52(79-59)51-37(71-54)10-8-33(69-51)16-46(64)74-50-30(6)49-42(70-41(50)17-38(68-32)29(25)5)19-40-44(73-49)22-58(75-40)23-45-48(78-58)28(4)21-57(77-45)20-27(3)47-43(76-57)18-39(72-47)35(63)15-31(62)24-61/h25,27-28,30-45,47-56,61-63,65-66H,2,5,7-24H2,1,3-4,6H3/t25-,27+,28+,30+,31-,32+,33-,34?,35+,36?,37+,38?,39+,40?,41+,42+,43+,44-,45+,47+,48+,49+,50-,51+,52?,53+,54-,55?,56+,57-,58-,59-,60+/m1/s1. The number of esters is 1. The van der Waals surface area contributed by atoms with Gasteiger partial charge in [0.05, 0.1) is 123 Å². The van der Waals surface area contributed by atoms with Gasteiger partial charge in [0.2, 0.25) is 11.6 Å². The molecular formula is C60H86O21. The average Bonchev–Trinajstić information content (AvgIpc) is 2.71. The topological polar surface area (TPSA) is 257 Å². The van der Waals surface area contributed by atoms with Crippen molar-refractivity contribution in [2.75, 3.05) is 6.61 Å². The molecule has 0 aromatic rings. The highest BCUT2D eigenvalue weighted by Crippen LogP contribution is 2.60. The van der Waals surface area contributed by atoms with Gasteiger partial charge in [-0.3, -0.25) is 4.79 Å². The normalized spacial score (nSPS) is 57.9. The number of aliphatic hydroxyl groups is 5. The van der Waals surface area contributed by atoms with E-state index in [1.807, 2.05) is 0 Å². The molecule has 0 aromatic heterocycles. The zero-order chi connectivity index (χ0) is 55.8. The Labute approximate surface area is 473 Å². The minimum atomic E-state index is -2.03. The van der Waals surface area contributed by atoms with Gasteiger partial charge >= 0.3 is 5.97 Å². The molecule has 16 rings (SSSR count). The van der Waals surface area contributed by atoms with Crippen molar-refractivity contribution >= 4 is 5.97 Å². The largest absolute Gasteiger partial charge is 0.459 e. The highest BCUT2D eigenvalue weighted by molar-refractivity contribution is 5.70. The second-order valence-electron chi connectivity index (χ2n) is 27.8. The smallest absolute Gasteiger partial charge is 0.308 e. The van der Waals surface area contributed by atoms with Crippen LogP contribution in [-0.2, 0) is 75.8 Å². The Balaban J connectivity index is 0.660. The molecule has 16 aliphatic heterocycles. The molecule has 16 fully saturated rings. The quantitative estimate of drug-likeness (QED) is 0.200. The lowest BCUT2D eigenvalue weighted by Gasteiger charge is -2.50. The van der Waals surface area contributed by atoms with E-state index in [1.54, 1.807) is 0 Å². The zero-order valence-corrected chi connectivity index (χ0v) is 47.2. The Kier molecular flexibility index (Phi) is 14.0. The van der Waals surface area contributed by atoms with Crippen LogP contribution in [0.15, 0.2) is 24.3 Å². The highest BCUT2D eigenvalue weighted by Gasteiger charge is 2.79. The van der Waals surface area contributed by atoms with Crippen LogP contribution in [-0.4, -0.2) is 214 Å². The molecule has 33 atom stereocenters. The number of carbonyl (C=O) groups is 1. The molecule has 16 heterocycles. The molecular weight excluding hydrogens is 1060 g/mol. The minimum Gasteiger partial charge on any atom is -0.459 e. The fourth-order valence-corrected chi connectivity index (χ4v) is 18.2. The molecule has 16 aliphatic rings. The lowest BCUT2D eigenvalue weighted by Crippen LogP contribution is -2.63. The summed E-state index contributed by atoms with van der Waals surface area (Å²) in [6.45, 7) is 17.2. The number of carbonyl (C=O) groups excluding carboxylic acids is 1. The van der Waals surface area contributed by atoms with Crippen LogP contribution in [0.5, 0.6) is 0 Å². The van der Waals surface area contributed by atoms with Gasteiger partial charge in [-0.05, 0) is 73.8 Å². The van der Waals surface area contributed by atoms with Gasteiger partial charge in [-0.25, -0.2) is 0 Å². The van der Waals surface area contributed by atoms with Crippen molar-refractivity contribution in [1.29, 1.82) is 0 Å². The molecule has 0 radical (unpaired) electrons. The van der Waals surface area contributed by atoms with Gasteiger partial charge in [0.25, 0.3) is 0 Å². The van der Waals surface area contributed by atoms with E-state index in [9.17, 15) is 30.3 Å². The van der Waals surface area contributed by atoms with Crippen LogP contribution in [0.2, 0.25) is 0 Å². The van der Waals surface area contributed by atoms with E-state index in [-0.39, 0.29) is 110 Å². The van der Waals surface area contributed by atoms with Crippen molar-refractivity contribution in [2.24, 2.45) is 23.7 Å². The van der Waals surface area contributed by atoms with Crippen molar-refractivity contribution in [1.82, 2.24) is 0 Å². The highest BCUT2D eigenvalue weighted by atomic mass is 16.8. The van der Waals surface area contributed by atoms with Gasteiger partial charge in [0.15, 0.2) is 17.7 Å². The maximum atomic E-state index is 14.6. The second-order valence-corrected chi connectivity index (χ2v) is 27.8. The van der Waals surface area contributed by atoms with Crippen molar-refractivity contribution in [3.63, 3.8) is 0 Å². The maximum absolute atomic E-state index is 14.6. The van der Waals surface area contributed by atoms with E-state index < -0.39 is 121 Å².